The molecule has 0 bridgehead atoms. The van der Waals surface area contributed by atoms with Gasteiger partial charge in [0.25, 0.3) is 0 Å². The molecule has 1 aromatic carbocycles. The minimum atomic E-state index is -0.186. The molecular formula is C19H21NO4. The van der Waals surface area contributed by atoms with Crippen molar-refractivity contribution in [2.45, 2.75) is 42.6 Å². The monoisotopic (exact) mass is 327 g/mol. The number of fused-ring (bicyclic) bond motifs is 2. The Morgan fingerprint density at radius 3 is 3.00 bits per heavy atom. The topological polar surface area (TPSA) is 43.5 Å². The molecule has 4 heterocycles. The Morgan fingerprint density at radius 1 is 1.25 bits per heavy atom. The SMILES string of the molecule is CO[C@H]1C=CC23OC2CN2CCCc4cc5c(cc4[C@@]23C1)OCO5. The van der Waals surface area contributed by atoms with E-state index in [1.807, 2.05) is 0 Å². The number of ether oxygens (including phenoxy) is 4. The number of methoxy groups -OCH3 is 1. The summed E-state index contributed by atoms with van der Waals surface area (Å²) in [5.74, 6) is 1.75. The lowest BCUT2D eigenvalue weighted by atomic mass is 9.69. The Kier molecular flexibility index (Phi) is 2.48. The van der Waals surface area contributed by atoms with Crippen molar-refractivity contribution in [2.75, 3.05) is 27.0 Å². The molecule has 0 N–H and O–H groups in total. The molecule has 0 aromatic heterocycles. The number of hydrogen-bond acceptors (Lipinski definition) is 5. The molecule has 24 heavy (non-hydrogen) atoms. The fourth-order valence-electron chi connectivity index (χ4n) is 5.49. The van der Waals surface area contributed by atoms with Crippen LogP contribution in [0.1, 0.15) is 24.0 Å². The number of rotatable bonds is 1. The highest BCUT2D eigenvalue weighted by Gasteiger charge is 2.77. The lowest BCUT2D eigenvalue weighted by molar-refractivity contribution is -0.0221. The van der Waals surface area contributed by atoms with Crippen LogP contribution in [0.15, 0.2) is 24.3 Å². The Bertz CT molecular complexity index is 762. The van der Waals surface area contributed by atoms with Crippen molar-refractivity contribution in [1.29, 1.82) is 0 Å². The summed E-state index contributed by atoms with van der Waals surface area (Å²) < 4.78 is 23.3. The van der Waals surface area contributed by atoms with Gasteiger partial charge in [-0.1, -0.05) is 6.08 Å². The molecule has 2 unspecified atom stereocenters. The normalized spacial score (nSPS) is 41.2. The molecule has 5 aliphatic rings. The molecule has 6 rings (SSSR count). The lowest BCUT2D eigenvalue weighted by Gasteiger charge is -2.47. The third-order valence-electron chi connectivity index (χ3n) is 6.61. The van der Waals surface area contributed by atoms with E-state index in [1.54, 1.807) is 7.11 Å². The maximum absolute atomic E-state index is 6.27. The molecule has 2 spiro atoms. The number of benzene rings is 1. The number of hydrogen-bond donors (Lipinski definition) is 0. The fourth-order valence-corrected chi connectivity index (χ4v) is 5.49. The first-order valence-corrected chi connectivity index (χ1v) is 8.85. The quantitative estimate of drug-likeness (QED) is 0.583. The Labute approximate surface area is 141 Å². The molecule has 0 saturated carbocycles. The summed E-state index contributed by atoms with van der Waals surface area (Å²) in [6.45, 7) is 2.43. The highest BCUT2D eigenvalue weighted by molar-refractivity contribution is 5.56. The summed E-state index contributed by atoms with van der Waals surface area (Å²) in [6, 6.07) is 4.41. The Morgan fingerprint density at radius 2 is 2.12 bits per heavy atom. The van der Waals surface area contributed by atoms with Crippen molar-refractivity contribution in [3.63, 3.8) is 0 Å². The van der Waals surface area contributed by atoms with Gasteiger partial charge in [-0.2, -0.15) is 0 Å². The van der Waals surface area contributed by atoms with E-state index in [2.05, 4.69) is 29.2 Å². The van der Waals surface area contributed by atoms with Gasteiger partial charge in [0.2, 0.25) is 6.79 Å². The zero-order valence-electron chi connectivity index (χ0n) is 13.8. The highest BCUT2D eigenvalue weighted by atomic mass is 16.7. The summed E-state index contributed by atoms with van der Waals surface area (Å²) in [6.07, 6.45) is 8.07. The molecule has 4 aliphatic heterocycles. The van der Waals surface area contributed by atoms with Gasteiger partial charge < -0.3 is 18.9 Å². The first kappa shape index (κ1) is 13.7. The molecule has 126 valence electrons. The van der Waals surface area contributed by atoms with Crippen molar-refractivity contribution >= 4 is 0 Å². The lowest BCUT2D eigenvalue weighted by Crippen LogP contribution is -2.54. The Balaban J connectivity index is 1.61. The molecule has 5 nitrogen and oxygen atoms in total. The smallest absolute Gasteiger partial charge is 0.231 e. The summed E-state index contributed by atoms with van der Waals surface area (Å²) in [7, 11) is 1.80. The maximum Gasteiger partial charge on any atom is 0.231 e. The van der Waals surface area contributed by atoms with Gasteiger partial charge in [-0.25, -0.2) is 0 Å². The highest BCUT2D eigenvalue weighted by Crippen LogP contribution is 2.65. The minimum Gasteiger partial charge on any atom is -0.454 e. The minimum absolute atomic E-state index is 0.123. The second-order valence-corrected chi connectivity index (χ2v) is 7.51. The zero-order chi connectivity index (χ0) is 15.9. The molecule has 2 saturated heterocycles. The van der Waals surface area contributed by atoms with Crippen LogP contribution in [0.4, 0.5) is 0 Å². The fraction of sp³-hybridized carbons (Fsp3) is 0.579. The second kappa shape index (κ2) is 4.34. The van der Waals surface area contributed by atoms with Crippen LogP contribution in [0.2, 0.25) is 0 Å². The molecule has 1 aliphatic carbocycles. The first-order valence-electron chi connectivity index (χ1n) is 8.85. The van der Waals surface area contributed by atoms with Crippen molar-refractivity contribution in [2.24, 2.45) is 0 Å². The van der Waals surface area contributed by atoms with Crippen molar-refractivity contribution in [3.8, 4) is 11.5 Å². The molecule has 4 atom stereocenters. The van der Waals surface area contributed by atoms with Crippen LogP contribution in [-0.4, -0.2) is 49.7 Å². The standard InChI is InChI=1S/C19H21NO4/c1-21-13-4-5-19-17(24-19)10-20-6-2-3-12-7-15-16(23-11-22-15)8-14(12)18(19,20)9-13/h4-5,7-8,13,17H,2-3,6,9-11H2,1H3/t13-,17?,18+,19?/m0/s1. The predicted molar refractivity (Wildman–Crippen MR) is 86.3 cm³/mol. The van der Waals surface area contributed by atoms with Crippen LogP contribution in [0, 0.1) is 0 Å². The summed E-state index contributed by atoms with van der Waals surface area (Å²) >= 11 is 0. The molecule has 2 fully saturated rings. The van der Waals surface area contributed by atoms with E-state index in [1.165, 1.54) is 17.5 Å². The van der Waals surface area contributed by atoms with E-state index in [0.29, 0.717) is 12.9 Å². The van der Waals surface area contributed by atoms with Crippen LogP contribution in [0.5, 0.6) is 11.5 Å². The average molecular weight is 327 g/mol. The van der Waals surface area contributed by atoms with Gasteiger partial charge in [-0.15, -0.1) is 0 Å². The summed E-state index contributed by atoms with van der Waals surface area (Å²) in [4.78, 5) is 2.64. The van der Waals surface area contributed by atoms with Gasteiger partial charge in [-0.3, -0.25) is 4.90 Å². The van der Waals surface area contributed by atoms with E-state index in [9.17, 15) is 0 Å². The average Bonchev–Trinajstić information content (AvgIpc) is 3.02. The molecule has 5 heteroatoms. The van der Waals surface area contributed by atoms with E-state index in [-0.39, 0.29) is 17.2 Å². The van der Waals surface area contributed by atoms with E-state index in [0.717, 1.165) is 37.4 Å². The number of nitrogens with zero attached hydrogens (tertiary/aromatic N) is 1. The van der Waals surface area contributed by atoms with E-state index >= 15 is 0 Å². The van der Waals surface area contributed by atoms with Crippen LogP contribution in [-0.2, 0) is 21.4 Å². The number of morpholine rings is 1. The number of epoxide rings is 1. The van der Waals surface area contributed by atoms with Crippen LogP contribution >= 0.6 is 0 Å². The molecule has 0 radical (unpaired) electrons. The van der Waals surface area contributed by atoms with Gasteiger partial charge in [0.1, 0.15) is 11.7 Å². The van der Waals surface area contributed by atoms with Crippen molar-refractivity contribution in [3.05, 3.63) is 35.4 Å². The predicted octanol–water partition coefficient (Wildman–Crippen LogP) is 1.98. The van der Waals surface area contributed by atoms with Gasteiger partial charge in [-0.05, 0) is 48.7 Å². The van der Waals surface area contributed by atoms with E-state index < -0.39 is 0 Å². The van der Waals surface area contributed by atoms with Gasteiger partial charge in [0.15, 0.2) is 11.5 Å². The molecule has 1 aromatic rings. The van der Waals surface area contributed by atoms with Crippen molar-refractivity contribution in [1.82, 2.24) is 4.90 Å². The van der Waals surface area contributed by atoms with Crippen LogP contribution < -0.4 is 9.47 Å². The third kappa shape index (κ3) is 1.43. The van der Waals surface area contributed by atoms with Gasteiger partial charge >= 0.3 is 0 Å². The maximum atomic E-state index is 6.27. The molecular weight excluding hydrogens is 306 g/mol. The first-order chi connectivity index (χ1) is 11.8. The summed E-state index contributed by atoms with van der Waals surface area (Å²) in [5.41, 5.74) is 2.41. The Hall–Kier alpha value is -1.56. The third-order valence-corrected chi connectivity index (χ3v) is 6.61. The number of aryl methyl sites for hydroxylation is 1. The van der Waals surface area contributed by atoms with Crippen LogP contribution in [0.25, 0.3) is 0 Å². The largest absolute Gasteiger partial charge is 0.454 e. The van der Waals surface area contributed by atoms with Crippen LogP contribution in [0.3, 0.4) is 0 Å². The summed E-state index contributed by atoms with van der Waals surface area (Å²) in [5, 5.41) is 0. The van der Waals surface area contributed by atoms with Gasteiger partial charge in [0.05, 0.1) is 11.6 Å². The van der Waals surface area contributed by atoms with E-state index in [4.69, 9.17) is 18.9 Å². The second-order valence-electron chi connectivity index (χ2n) is 7.51. The van der Waals surface area contributed by atoms with Crippen molar-refractivity contribution < 1.29 is 18.9 Å². The molecule has 0 amide bonds. The zero-order valence-corrected chi connectivity index (χ0v) is 13.8. The van der Waals surface area contributed by atoms with Gasteiger partial charge in [0, 0.05) is 20.1 Å².